The highest BCUT2D eigenvalue weighted by Gasteiger charge is 2.22. The normalized spacial score (nSPS) is 13.5. The van der Waals surface area contributed by atoms with Crippen LogP contribution >= 0.6 is 0 Å². The van der Waals surface area contributed by atoms with E-state index in [9.17, 15) is 0 Å². The van der Waals surface area contributed by atoms with Crippen LogP contribution in [-0.2, 0) is 11.2 Å². The first-order valence-corrected chi connectivity index (χ1v) is 11.1. The summed E-state index contributed by atoms with van der Waals surface area (Å²) in [5, 5.41) is 0. The Kier molecular flexibility index (Phi) is 9.19. The zero-order valence-corrected chi connectivity index (χ0v) is 19.1. The average molecular weight is 457 g/mol. The SMILES string of the molecule is Nc1ccc(Cc2ccc(N)cc2)cc1.Nc1ccc(N)cc1.c1ccc(OCC2CO2)cc1. The summed E-state index contributed by atoms with van der Waals surface area (Å²) in [4.78, 5) is 0. The third kappa shape index (κ3) is 9.54. The minimum absolute atomic E-state index is 0.343. The second-order valence-electron chi connectivity index (χ2n) is 7.91. The molecule has 5 rings (SSSR count). The van der Waals surface area contributed by atoms with E-state index in [-0.39, 0.29) is 0 Å². The van der Waals surface area contributed by atoms with Crippen LogP contribution in [0.2, 0.25) is 0 Å². The van der Waals surface area contributed by atoms with Crippen LogP contribution in [0, 0.1) is 0 Å². The fraction of sp³-hybridized carbons (Fsp3) is 0.143. The fourth-order valence-electron chi connectivity index (χ4n) is 2.87. The lowest BCUT2D eigenvalue weighted by atomic mass is 10.0. The smallest absolute Gasteiger partial charge is 0.119 e. The lowest BCUT2D eigenvalue weighted by Crippen LogP contribution is -2.03. The number of ether oxygens (including phenoxy) is 2. The number of hydrogen-bond donors (Lipinski definition) is 4. The van der Waals surface area contributed by atoms with Crippen molar-refractivity contribution in [3.63, 3.8) is 0 Å². The molecular weight excluding hydrogens is 424 g/mol. The number of anilines is 4. The molecule has 8 N–H and O–H groups in total. The summed E-state index contributed by atoms with van der Waals surface area (Å²) in [6.07, 6.45) is 1.26. The van der Waals surface area contributed by atoms with E-state index >= 15 is 0 Å². The molecule has 1 atom stereocenters. The first-order valence-electron chi connectivity index (χ1n) is 11.1. The molecule has 1 saturated heterocycles. The molecule has 0 spiro atoms. The minimum Gasteiger partial charge on any atom is -0.491 e. The molecule has 0 bridgehead atoms. The highest BCUT2D eigenvalue weighted by atomic mass is 16.6. The highest BCUT2D eigenvalue weighted by molar-refractivity contribution is 5.48. The monoisotopic (exact) mass is 456 g/mol. The molecule has 6 nitrogen and oxygen atoms in total. The van der Waals surface area contributed by atoms with Crippen LogP contribution in [0.5, 0.6) is 5.75 Å². The molecule has 34 heavy (non-hydrogen) atoms. The molecule has 1 heterocycles. The first kappa shape index (κ1) is 24.5. The van der Waals surface area contributed by atoms with Crippen LogP contribution in [0.4, 0.5) is 22.7 Å². The van der Waals surface area contributed by atoms with Gasteiger partial charge in [0.25, 0.3) is 0 Å². The fourth-order valence-corrected chi connectivity index (χ4v) is 2.87. The van der Waals surface area contributed by atoms with Crippen LogP contribution < -0.4 is 27.7 Å². The van der Waals surface area contributed by atoms with Gasteiger partial charge in [0.2, 0.25) is 0 Å². The third-order valence-corrected chi connectivity index (χ3v) is 4.89. The molecule has 0 saturated carbocycles. The molecule has 1 aliphatic heterocycles. The molecule has 1 unspecified atom stereocenters. The van der Waals surface area contributed by atoms with Crippen molar-refractivity contribution < 1.29 is 9.47 Å². The molecule has 4 aromatic carbocycles. The Morgan fingerprint density at radius 3 is 1.35 bits per heavy atom. The van der Waals surface area contributed by atoms with Gasteiger partial charge in [-0.15, -0.1) is 0 Å². The molecule has 0 amide bonds. The van der Waals surface area contributed by atoms with E-state index in [0.717, 1.165) is 41.5 Å². The number of nitrogens with two attached hydrogens (primary N) is 4. The summed E-state index contributed by atoms with van der Waals surface area (Å²) in [5.74, 6) is 0.919. The Labute approximate surface area is 201 Å². The molecule has 0 aliphatic carbocycles. The van der Waals surface area contributed by atoms with Crippen molar-refractivity contribution in [2.45, 2.75) is 12.5 Å². The van der Waals surface area contributed by atoms with Crippen molar-refractivity contribution in [3.05, 3.63) is 114 Å². The van der Waals surface area contributed by atoms with Gasteiger partial charge in [0.15, 0.2) is 0 Å². The van der Waals surface area contributed by atoms with Crippen molar-refractivity contribution in [1.82, 2.24) is 0 Å². The van der Waals surface area contributed by atoms with Crippen LogP contribution in [0.25, 0.3) is 0 Å². The van der Waals surface area contributed by atoms with Crippen molar-refractivity contribution in [2.24, 2.45) is 0 Å². The number of benzene rings is 4. The van der Waals surface area contributed by atoms with Gasteiger partial charge in [-0.05, 0) is 78.2 Å². The summed E-state index contributed by atoms with van der Waals surface area (Å²) < 4.78 is 10.4. The Balaban J connectivity index is 0.000000150. The highest BCUT2D eigenvalue weighted by Crippen LogP contribution is 2.14. The van der Waals surface area contributed by atoms with Gasteiger partial charge < -0.3 is 32.4 Å². The molecule has 1 aliphatic rings. The predicted molar refractivity (Wildman–Crippen MR) is 141 cm³/mol. The second kappa shape index (κ2) is 12.8. The van der Waals surface area contributed by atoms with Crippen molar-refractivity contribution >= 4 is 22.7 Å². The first-order chi connectivity index (χ1) is 16.5. The summed E-state index contributed by atoms with van der Waals surface area (Å²) in [6, 6.07) is 32.8. The Morgan fingerprint density at radius 1 is 0.588 bits per heavy atom. The number of epoxide rings is 1. The van der Waals surface area contributed by atoms with E-state index in [0.29, 0.717) is 12.7 Å². The molecule has 6 heteroatoms. The van der Waals surface area contributed by atoms with Gasteiger partial charge >= 0.3 is 0 Å². The summed E-state index contributed by atoms with van der Waals surface area (Å²) >= 11 is 0. The lowest BCUT2D eigenvalue weighted by molar-refractivity contribution is 0.263. The maximum atomic E-state index is 5.62. The molecule has 0 radical (unpaired) electrons. The Hall–Kier alpha value is -4.16. The molecule has 4 aromatic rings. The Bertz CT molecular complexity index is 1030. The van der Waals surface area contributed by atoms with Crippen LogP contribution in [-0.4, -0.2) is 19.3 Å². The number of nitrogen functional groups attached to an aromatic ring is 4. The number of rotatable bonds is 5. The molecule has 0 aromatic heterocycles. The largest absolute Gasteiger partial charge is 0.491 e. The van der Waals surface area contributed by atoms with Gasteiger partial charge in [0.1, 0.15) is 18.5 Å². The molecule has 176 valence electrons. The van der Waals surface area contributed by atoms with Gasteiger partial charge in [0, 0.05) is 22.7 Å². The summed E-state index contributed by atoms with van der Waals surface area (Å²) in [7, 11) is 0. The summed E-state index contributed by atoms with van der Waals surface area (Å²) in [5.41, 5.74) is 27.6. The van der Waals surface area contributed by atoms with E-state index in [1.807, 2.05) is 78.9 Å². The number of hydrogen-bond acceptors (Lipinski definition) is 6. The predicted octanol–water partition coefficient (Wildman–Crippen LogP) is 4.76. The standard InChI is InChI=1S/C13H14N2.C9H10O2.C6H8N2/c14-12-5-1-10(2-6-12)9-11-3-7-13(15)8-4-11;1-2-4-8(5-3-1)10-6-9-7-11-9;7-5-1-2-6(8)4-3-5/h1-8H,9,14-15H2;1-5,9H,6-7H2;1-4H,7-8H2. The third-order valence-electron chi connectivity index (χ3n) is 4.89. The zero-order valence-electron chi connectivity index (χ0n) is 19.1. The van der Waals surface area contributed by atoms with Crippen LogP contribution in [0.1, 0.15) is 11.1 Å². The van der Waals surface area contributed by atoms with E-state index in [1.54, 1.807) is 24.3 Å². The summed E-state index contributed by atoms with van der Waals surface area (Å²) in [6.45, 7) is 1.54. The molecular formula is C28H32N4O2. The van der Waals surface area contributed by atoms with Crippen LogP contribution in [0.3, 0.4) is 0 Å². The van der Waals surface area contributed by atoms with E-state index in [4.69, 9.17) is 32.4 Å². The topological polar surface area (TPSA) is 126 Å². The second-order valence-corrected chi connectivity index (χ2v) is 7.91. The average Bonchev–Trinajstić information content (AvgIpc) is 3.69. The van der Waals surface area contributed by atoms with Crippen molar-refractivity contribution in [3.8, 4) is 5.75 Å². The zero-order chi connectivity index (χ0) is 24.2. The van der Waals surface area contributed by atoms with Gasteiger partial charge in [0.05, 0.1) is 6.61 Å². The van der Waals surface area contributed by atoms with Gasteiger partial charge in [-0.25, -0.2) is 0 Å². The molecule has 1 fully saturated rings. The van der Waals surface area contributed by atoms with Gasteiger partial charge in [-0.3, -0.25) is 0 Å². The van der Waals surface area contributed by atoms with E-state index in [1.165, 1.54) is 11.1 Å². The maximum Gasteiger partial charge on any atom is 0.119 e. The quantitative estimate of drug-likeness (QED) is 0.253. The minimum atomic E-state index is 0.343. The lowest BCUT2D eigenvalue weighted by Gasteiger charge is -2.02. The van der Waals surface area contributed by atoms with E-state index < -0.39 is 0 Å². The van der Waals surface area contributed by atoms with Gasteiger partial charge in [-0.1, -0.05) is 42.5 Å². The van der Waals surface area contributed by atoms with Crippen molar-refractivity contribution in [1.29, 1.82) is 0 Å². The van der Waals surface area contributed by atoms with Crippen molar-refractivity contribution in [2.75, 3.05) is 36.1 Å². The Morgan fingerprint density at radius 2 is 0.971 bits per heavy atom. The number of para-hydroxylation sites is 1. The van der Waals surface area contributed by atoms with Gasteiger partial charge in [-0.2, -0.15) is 0 Å². The maximum absolute atomic E-state index is 5.62. The van der Waals surface area contributed by atoms with E-state index in [2.05, 4.69) is 0 Å². The van der Waals surface area contributed by atoms with Crippen LogP contribution in [0.15, 0.2) is 103 Å².